The van der Waals surface area contributed by atoms with Crippen molar-refractivity contribution >= 4 is 35.8 Å². The Morgan fingerprint density at radius 2 is 2.10 bits per heavy atom. The van der Waals surface area contributed by atoms with E-state index in [1.807, 2.05) is 30.3 Å². The molecule has 1 amide bonds. The van der Waals surface area contributed by atoms with E-state index in [0.29, 0.717) is 23.6 Å². The molecule has 0 bridgehead atoms. The zero-order valence-electron chi connectivity index (χ0n) is 11.7. The Kier molecular flexibility index (Phi) is 8.30. The van der Waals surface area contributed by atoms with Crippen molar-refractivity contribution in [3.8, 4) is 0 Å². The number of hydrogen-bond donors (Lipinski definition) is 2. The van der Waals surface area contributed by atoms with Crippen LogP contribution in [0.2, 0.25) is 0 Å². The van der Waals surface area contributed by atoms with Gasteiger partial charge >= 0.3 is 0 Å². The fourth-order valence-electron chi connectivity index (χ4n) is 1.70. The quantitative estimate of drug-likeness (QED) is 0.461. The Labute approximate surface area is 131 Å². The molecule has 0 saturated heterocycles. The number of thiocarbonyl (C=S) groups is 1. The maximum Gasteiger partial charge on any atom is 0.256 e. The van der Waals surface area contributed by atoms with Crippen LogP contribution >= 0.6 is 24.8 Å². The van der Waals surface area contributed by atoms with Gasteiger partial charge in [-0.15, -0.1) is 0 Å². The first kappa shape index (κ1) is 17.0. The van der Waals surface area contributed by atoms with E-state index in [0.717, 1.165) is 18.4 Å². The molecule has 0 fully saturated rings. The van der Waals surface area contributed by atoms with Crippen LogP contribution in [0.15, 0.2) is 30.3 Å². The van der Waals surface area contributed by atoms with Gasteiger partial charge in [0.05, 0.1) is 5.92 Å². The highest BCUT2D eigenvalue weighted by molar-refractivity contribution is 7.80. The molecule has 20 heavy (non-hydrogen) atoms. The van der Waals surface area contributed by atoms with Crippen LogP contribution in [0, 0.1) is 5.92 Å². The Morgan fingerprint density at radius 3 is 2.70 bits per heavy atom. The van der Waals surface area contributed by atoms with Crippen molar-refractivity contribution in [2.75, 3.05) is 5.75 Å². The van der Waals surface area contributed by atoms with Gasteiger partial charge < -0.3 is 4.84 Å². The van der Waals surface area contributed by atoms with E-state index in [2.05, 4.69) is 25.0 Å². The van der Waals surface area contributed by atoms with E-state index in [1.165, 1.54) is 0 Å². The number of amides is 1. The molecule has 0 aliphatic carbocycles. The number of carbonyl (C=O) groups is 1. The second-order valence-electron chi connectivity index (χ2n) is 4.61. The lowest BCUT2D eigenvalue weighted by atomic mass is 10.0. The van der Waals surface area contributed by atoms with Gasteiger partial charge in [0.2, 0.25) is 0 Å². The lowest BCUT2D eigenvalue weighted by Crippen LogP contribution is -2.34. The Hall–Kier alpha value is -1.07. The molecule has 0 radical (unpaired) electrons. The smallest absolute Gasteiger partial charge is 0.256 e. The Bertz CT molecular complexity index is 423. The largest absolute Gasteiger partial charge is 0.372 e. The van der Waals surface area contributed by atoms with Crippen molar-refractivity contribution in [2.24, 2.45) is 5.92 Å². The second-order valence-corrected chi connectivity index (χ2v) is 5.43. The number of unbranched alkanes of at least 4 members (excludes halogenated alkanes) is 1. The first-order valence-electron chi connectivity index (χ1n) is 6.81. The number of carbonyl (C=O) groups excluding carboxylic acids is 1. The SMILES string of the molecule is CCCCC(=S)ONC(=O)[C@H](CS)Cc1ccccc1. The molecule has 0 spiro atoms. The van der Waals surface area contributed by atoms with E-state index in [4.69, 9.17) is 17.1 Å². The minimum absolute atomic E-state index is 0.178. The van der Waals surface area contributed by atoms with Crippen molar-refractivity contribution in [1.29, 1.82) is 0 Å². The fourth-order valence-corrected chi connectivity index (χ4v) is 2.18. The number of rotatable bonds is 7. The third-order valence-corrected chi connectivity index (χ3v) is 3.64. The molecule has 5 heteroatoms. The van der Waals surface area contributed by atoms with Crippen LogP contribution < -0.4 is 5.48 Å². The predicted molar refractivity (Wildman–Crippen MR) is 88.8 cm³/mol. The topological polar surface area (TPSA) is 38.3 Å². The third kappa shape index (κ3) is 6.39. The van der Waals surface area contributed by atoms with Gasteiger partial charge in [-0.1, -0.05) is 43.7 Å². The van der Waals surface area contributed by atoms with Gasteiger partial charge in [0.25, 0.3) is 5.91 Å². The van der Waals surface area contributed by atoms with E-state index >= 15 is 0 Å². The average molecular weight is 311 g/mol. The van der Waals surface area contributed by atoms with Gasteiger partial charge in [-0.2, -0.15) is 18.1 Å². The van der Waals surface area contributed by atoms with Crippen LogP contribution in [0.5, 0.6) is 0 Å². The molecular formula is C15H21NO2S2. The fraction of sp³-hybridized carbons (Fsp3) is 0.467. The molecule has 3 nitrogen and oxygen atoms in total. The minimum Gasteiger partial charge on any atom is -0.372 e. The van der Waals surface area contributed by atoms with Crippen LogP contribution in [-0.2, 0) is 16.1 Å². The monoisotopic (exact) mass is 311 g/mol. The summed E-state index contributed by atoms with van der Waals surface area (Å²) in [6, 6.07) is 9.86. The van der Waals surface area contributed by atoms with Crippen molar-refractivity contribution in [3.05, 3.63) is 35.9 Å². The highest BCUT2D eigenvalue weighted by Crippen LogP contribution is 2.10. The number of benzene rings is 1. The third-order valence-electron chi connectivity index (χ3n) is 2.92. The highest BCUT2D eigenvalue weighted by Gasteiger charge is 2.18. The summed E-state index contributed by atoms with van der Waals surface area (Å²) in [7, 11) is 0. The number of thiol groups is 1. The van der Waals surface area contributed by atoms with Crippen LogP contribution in [-0.4, -0.2) is 16.7 Å². The summed E-state index contributed by atoms with van der Waals surface area (Å²) < 4.78 is 0. The average Bonchev–Trinajstić information content (AvgIpc) is 2.49. The molecule has 0 aromatic heterocycles. The van der Waals surface area contributed by atoms with E-state index in [9.17, 15) is 4.79 Å². The highest BCUT2D eigenvalue weighted by atomic mass is 32.1. The summed E-state index contributed by atoms with van der Waals surface area (Å²) >= 11 is 9.27. The summed E-state index contributed by atoms with van der Waals surface area (Å²) in [4.78, 5) is 17.1. The van der Waals surface area contributed by atoms with Gasteiger partial charge in [0.1, 0.15) is 0 Å². The normalized spacial score (nSPS) is 11.7. The zero-order chi connectivity index (χ0) is 14.8. The van der Waals surface area contributed by atoms with Gasteiger partial charge in [-0.05, 0) is 30.6 Å². The van der Waals surface area contributed by atoms with Crippen LogP contribution in [0.4, 0.5) is 0 Å². The molecule has 0 unspecified atom stereocenters. The van der Waals surface area contributed by atoms with Crippen molar-refractivity contribution in [2.45, 2.75) is 32.6 Å². The molecule has 1 atom stereocenters. The second kappa shape index (κ2) is 9.77. The molecule has 0 heterocycles. The van der Waals surface area contributed by atoms with Gasteiger partial charge in [-0.25, -0.2) is 0 Å². The maximum absolute atomic E-state index is 12.0. The van der Waals surface area contributed by atoms with Crippen molar-refractivity contribution in [3.63, 3.8) is 0 Å². The van der Waals surface area contributed by atoms with Crippen molar-refractivity contribution < 1.29 is 9.63 Å². The molecule has 1 N–H and O–H groups in total. The Balaban J connectivity index is 2.41. The van der Waals surface area contributed by atoms with Crippen molar-refractivity contribution in [1.82, 2.24) is 5.48 Å². The van der Waals surface area contributed by atoms with E-state index in [-0.39, 0.29) is 11.8 Å². The molecule has 1 aromatic carbocycles. The summed E-state index contributed by atoms with van der Waals surface area (Å²) in [5.74, 6) is 0.0589. The molecule has 0 aliphatic heterocycles. The summed E-state index contributed by atoms with van der Waals surface area (Å²) in [5, 5.41) is 0.429. The van der Waals surface area contributed by atoms with Gasteiger partial charge in [-0.3, -0.25) is 4.79 Å². The number of hydroxylamine groups is 1. The molecule has 1 aromatic rings. The standard InChI is InChI=1S/C15H21NO2S2/c1-2-3-9-14(20)18-16-15(17)13(11-19)10-12-7-5-4-6-8-12/h4-8,13,19H,2-3,9-11H2,1H3,(H,16,17)/t13-/m0/s1. The van der Waals surface area contributed by atoms with Crippen LogP contribution in [0.3, 0.4) is 0 Å². The maximum atomic E-state index is 12.0. The lowest BCUT2D eigenvalue weighted by molar-refractivity contribution is -0.131. The van der Waals surface area contributed by atoms with Gasteiger partial charge in [0, 0.05) is 12.2 Å². The first-order valence-corrected chi connectivity index (χ1v) is 7.85. The summed E-state index contributed by atoms with van der Waals surface area (Å²) in [6.45, 7) is 2.08. The predicted octanol–water partition coefficient (Wildman–Crippen LogP) is 3.34. The molecule has 0 saturated carbocycles. The molecule has 1 rings (SSSR count). The van der Waals surface area contributed by atoms with Crippen LogP contribution in [0.25, 0.3) is 0 Å². The Morgan fingerprint density at radius 1 is 1.40 bits per heavy atom. The number of nitrogens with one attached hydrogen (secondary N) is 1. The summed E-state index contributed by atoms with van der Waals surface area (Å²) in [5.41, 5.74) is 3.54. The summed E-state index contributed by atoms with van der Waals surface area (Å²) in [6.07, 6.45) is 3.34. The first-order chi connectivity index (χ1) is 9.67. The molecule has 0 aliphatic rings. The van der Waals surface area contributed by atoms with E-state index < -0.39 is 0 Å². The lowest BCUT2D eigenvalue weighted by Gasteiger charge is -2.15. The molecular weight excluding hydrogens is 290 g/mol. The van der Waals surface area contributed by atoms with Gasteiger partial charge in [0.15, 0.2) is 5.05 Å². The number of hydrogen-bond acceptors (Lipinski definition) is 4. The van der Waals surface area contributed by atoms with E-state index in [1.54, 1.807) is 0 Å². The minimum atomic E-state index is -0.227. The van der Waals surface area contributed by atoms with Crippen LogP contribution in [0.1, 0.15) is 31.7 Å². The zero-order valence-corrected chi connectivity index (χ0v) is 13.4. The molecule has 110 valence electrons.